The van der Waals surface area contributed by atoms with Crippen molar-refractivity contribution in [3.8, 4) is 5.75 Å². The molecule has 5 heteroatoms. The van der Waals surface area contributed by atoms with Crippen molar-refractivity contribution in [2.45, 2.75) is 6.04 Å². The van der Waals surface area contributed by atoms with Gasteiger partial charge in [0, 0.05) is 18.2 Å². The summed E-state index contributed by atoms with van der Waals surface area (Å²) in [5.41, 5.74) is 11.6. The maximum absolute atomic E-state index is 9.43. The molecule has 0 amide bonds. The molecular formula is C8H12Cl2N2O. The van der Waals surface area contributed by atoms with Crippen molar-refractivity contribution >= 4 is 24.0 Å². The Hall–Kier alpha value is -0.480. The molecule has 5 N–H and O–H groups in total. The van der Waals surface area contributed by atoms with E-state index in [1.54, 1.807) is 18.2 Å². The average molecular weight is 223 g/mol. The number of aromatic hydroxyl groups is 1. The molecule has 0 saturated carbocycles. The number of hydrogen-bond acceptors (Lipinski definition) is 3. The third-order valence-corrected chi connectivity index (χ3v) is 1.98. The van der Waals surface area contributed by atoms with Gasteiger partial charge in [0.1, 0.15) is 5.75 Å². The van der Waals surface area contributed by atoms with Crippen LogP contribution in [0.5, 0.6) is 5.75 Å². The second-order valence-corrected chi connectivity index (χ2v) is 2.93. The van der Waals surface area contributed by atoms with Gasteiger partial charge in [0.25, 0.3) is 0 Å². The zero-order valence-electron chi connectivity index (χ0n) is 6.90. The fourth-order valence-corrected chi connectivity index (χ4v) is 1.14. The lowest BCUT2D eigenvalue weighted by Gasteiger charge is -2.11. The van der Waals surface area contributed by atoms with E-state index in [-0.39, 0.29) is 30.7 Å². The maximum atomic E-state index is 9.43. The molecule has 0 saturated heterocycles. The van der Waals surface area contributed by atoms with Crippen molar-refractivity contribution in [3.63, 3.8) is 0 Å². The molecule has 0 aliphatic heterocycles. The lowest BCUT2D eigenvalue weighted by atomic mass is 10.1. The number of halogens is 2. The lowest BCUT2D eigenvalue weighted by Crippen LogP contribution is -2.20. The van der Waals surface area contributed by atoms with Crippen LogP contribution in [0.2, 0.25) is 5.02 Å². The van der Waals surface area contributed by atoms with Gasteiger partial charge in [-0.15, -0.1) is 12.4 Å². The summed E-state index contributed by atoms with van der Waals surface area (Å²) in [6.07, 6.45) is 0. The first-order valence-corrected chi connectivity index (χ1v) is 3.97. The third-order valence-electron chi connectivity index (χ3n) is 1.67. The number of rotatable bonds is 2. The van der Waals surface area contributed by atoms with E-state index in [0.717, 1.165) is 0 Å². The Labute approximate surface area is 88.1 Å². The number of hydrogen-bond donors (Lipinski definition) is 3. The summed E-state index contributed by atoms with van der Waals surface area (Å²) in [6.45, 7) is 0.286. The van der Waals surface area contributed by atoms with E-state index < -0.39 is 0 Å². The van der Waals surface area contributed by atoms with Gasteiger partial charge in [-0.05, 0) is 6.07 Å². The van der Waals surface area contributed by atoms with Crippen molar-refractivity contribution in [1.29, 1.82) is 0 Å². The van der Waals surface area contributed by atoms with E-state index in [4.69, 9.17) is 23.1 Å². The molecule has 1 rings (SSSR count). The van der Waals surface area contributed by atoms with E-state index in [1.165, 1.54) is 0 Å². The zero-order valence-corrected chi connectivity index (χ0v) is 8.48. The third kappa shape index (κ3) is 2.74. The van der Waals surface area contributed by atoms with Crippen molar-refractivity contribution in [1.82, 2.24) is 0 Å². The van der Waals surface area contributed by atoms with E-state index in [9.17, 15) is 5.11 Å². The Kier molecular flexibility index (Phi) is 5.10. The summed E-state index contributed by atoms with van der Waals surface area (Å²) >= 11 is 5.67. The van der Waals surface area contributed by atoms with Crippen molar-refractivity contribution in [2.24, 2.45) is 11.5 Å². The number of phenols is 1. The van der Waals surface area contributed by atoms with Gasteiger partial charge in [-0.25, -0.2) is 0 Å². The second kappa shape index (κ2) is 5.29. The number of nitrogens with two attached hydrogens (primary N) is 2. The van der Waals surface area contributed by atoms with Crippen LogP contribution in [0.3, 0.4) is 0 Å². The van der Waals surface area contributed by atoms with Gasteiger partial charge < -0.3 is 16.6 Å². The Morgan fingerprint density at radius 2 is 2.08 bits per heavy atom. The van der Waals surface area contributed by atoms with Crippen LogP contribution < -0.4 is 11.5 Å². The Morgan fingerprint density at radius 3 is 2.62 bits per heavy atom. The zero-order chi connectivity index (χ0) is 9.14. The highest BCUT2D eigenvalue weighted by atomic mass is 35.5. The van der Waals surface area contributed by atoms with Gasteiger partial charge in [0.15, 0.2) is 0 Å². The van der Waals surface area contributed by atoms with Crippen LogP contribution in [0.25, 0.3) is 0 Å². The van der Waals surface area contributed by atoms with Gasteiger partial charge in [0.2, 0.25) is 0 Å². The molecule has 0 bridgehead atoms. The van der Waals surface area contributed by atoms with Crippen molar-refractivity contribution < 1.29 is 5.11 Å². The van der Waals surface area contributed by atoms with Crippen LogP contribution in [0.1, 0.15) is 11.6 Å². The molecule has 0 aliphatic carbocycles. The topological polar surface area (TPSA) is 72.3 Å². The standard InChI is InChI=1S/C8H11ClN2O.ClH/c9-6-3-1-2-5(8(6)12)7(11)4-10;/h1-3,7,12H,4,10-11H2;1H/t7-;/m0./s1. The fraction of sp³-hybridized carbons (Fsp3) is 0.250. The monoisotopic (exact) mass is 222 g/mol. The molecule has 0 spiro atoms. The van der Waals surface area contributed by atoms with Crippen LogP contribution in [0.15, 0.2) is 18.2 Å². The highest BCUT2D eigenvalue weighted by Gasteiger charge is 2.10. The molecule has 1 aromatic carbocycles. The van der Waals surface area contributed by atoms with E-state index >= 15 is 0 Å². The number of para-hydroxylation sites is 1. The highest BCUT2D eigenvalue weighted by molar-refractivity contribution is 6.32. The lowest BCUT2D eigenvalue weighted by molar-refractivity contribution is 0.462. The Balaban J connectivity index is 0.00000144. The van der Waals surface area contributed by atoms with Crippen LogP contribution >= 0.6 is 24.0 Å². The fourth-order valence-electron chi connectivity index (χ4n) is 0.958. The van der Waals surface area contributed by atoms with E-state index in [0.29, 0.717) is 10.6 Å². The second-order valence-electron chi connectivity index (χ2n) is 2.52. The van der Waals surface area contributed by atoms with Gasteiger partial charge in [-0.2, -0.15) is 0 Å². The van der Waals surface area contributed by atoms with Crippen LogP contribution in [-0.2, 0) is 0 Å². The van der Waals surface area contributed by atoms with Gasteiger partial charge in [0.05, 0.1) is 5.02 Å². The first-order chi connectivity index (χ1) is 5.66. The smallest absolute Gasteiger partial charge is 0.138 e. The molecule has 3 nitrogen and oxygen atoms in total. The van der Waals surface area contributed by atoms with Gasteiger partial charge in [-0.1, -0.05) is 23.7 Å². The molecule has 0 aliphatic rings. The number of phenolic OH excluding ortho intramolecular Hbond substituents is 1. The first-order valence-electron chi connectivity index (χ1n) is 3.60. The first kappa shape index (κ1) is 12.5. The Bertz CT molecular complexity index is 281. The molecule has 0 aromatic heterocycles. The molecule has 0 fully saturated rings. The predicted molar refractivity (Wildman–Crippen MR) is 56.3 cm³/mol. The largest absolute Gasteiger partial charge is 0.506 e. The normalized spacial score (nSPS) is 11.9. The molecule has 0 radical (unpaired) electrons. The average Bonchev–Trinajstić information content (AvgIpc) is 2.08. The molecule has 13 heavy (non-hydrogen) atoms. The molecule has 74 valence electrons. The molecular weight excluding hydrogens is 211 g/mol. The van der Waals surface area contributed by atoms with Crippen LogP contribution in [-0.4, -0.2) is 11.7 Å². The van der Waals surface area contributed by atoms with Crippen molar-refractivity contribution in [2.75, 3.05) is 6.54 Å². The van der Waals surface area contributed by atoms with E-state index in [2.05, 4.69) is 0 Å². The summed E-state index contributed by atoms with van der Waals surface area (Å²) < 4.78 is 0. The minimum absolute atomic E-state index is 0. The minimum Gasteiger partial charge on any atom is -0.506 e. The molecule has 1 atom stereocenters. The molecule has 1 aromatic rings. The van der Waals surface area contributed by atoms with E-state index in [1.807, 2.05) is 0 Å². The SMILES string of the molecule is Cl.NC[C@H](N)c1cccc(Cl)c1O. The predicted octanol–water partition coefficient (Wildman–Crippen LogP) is 1.43. The minimum atomic E-state index is -0.358. The van der Waals surface area contributed by atoms with Crippen molar-refractivity contribution in [3.05, 3.63) is 28.8 Å². The van der Waals surface area contributed by atoms with Gasteiger partial charge in [-0.3, -0.25) is 0 Å². The molecule has 0 unspecified atom stereocenters. The Morgan fingerprint density at radius 1 is 1.46 bits per heavy atom. The summed E-state index contributed by atoms with van der Waals surface area (Å²) in [5, 5.41) is 9.73. The number of benzene rings is 1. The quantitative estimate of drug-likeness (QED) is 0.710. The maximum Gasteiger partial charge on any atom is 0.138 e. The van der Waals surface area contributed by atoms with Gasteiger partial charge >= 0.3 is 0 Å². The summed E-state index contributed by atoms with van der Waals surface area (Å²) in [7, 11) is 0. The summed E-state index contributed by atoms with van der Waals surface area (Å²) in [5.74, 6) is 0.0251. The molecule has 0 heterocycles. The highest BCUT2D eigenvalue weighted by Crippen LogP contribution is 2.29. The van der Waals surface area contributed by atoms with Crippen LogP contribution in [0, 0.1) is 0 Å². The summed E-state index contributed by atoms with van der Waals surface area (Å²) in [4.78, 5) is 0. The summed E-state index contributed by atoms with van der Waals surface area (Å²) in [6, 6.07) is 4.68. The van der Waals surface area contributed by atoms with Crippen LogP contribution in [0.4, 0.5) is 0 Å².